The molecule has 1 heterocycles. The van der Waals surface area contributed by atoms with Crippen molar-refractivity contribution in [2.45, 2.75) is 23.8 Å². The van der Waals surface area contributed by atoms with Gasteiger partial charge in [0.25, 0.3) is 0 Å². The number of carboxylic acids is 1. The summed E-state index contributed by atoms with van der Waals surface area (Å²) in [5, 5.41) is 8.79. The number of benzene rings is 1. The van der Waals surface area contributed by atoms with Crippen LogP contribution in [0, 0.1) is 0 Å². The van der Waals surface area contributed by atoms with Gasteiger partial charge >= 0.3 is 5.97 Å². The molecule has 0 saturated carbocycles. The summed E-state index contributed by atoms with van der Waals surface area (Å²) >= 11 is 1.58. The van der Waals surface area contributed by atoms with Gasteiger partial charge in [0.2, 0.25) is 0 Å². The highest BCUT2D eigenvalue weighted by molar-refractivity contribution is 8.00. The number of carboxylic acid groups (broad SMARTS) is 1. The predicted molar refractivity (Wildman–Crippen MR) is 81.8 cm³/mol. The maximum absolute atomic E-state index is 12.1. The van der Waals surface area contributed by atoms with E-state index in [4.69, 9.17) is 9.84 Å². The van der Waals surface area contributed by atoms with Crippen molar-refractivity contribution in [2.75, 3.05) is 23.9 Å². The fourth-order valence-electron chi connectivity index (χ4n) is 2.08. The second kappa shape index (κ2) is 7.29. The SMILES string of the molecule is O=C(O)c1ccc(S(=O)(=O)CCSCC2CCCO2)cc1. The van der Waals surface area contributed by atoms with Gasteiger partial charge in [-0.1, -0.05) is 0 Å². The number of thioether (sulfide) groups is 1. The van der Waals surface area contributed by atoms with Gasteiger partial charge in [-0.25, -0.2) is 13.2 Å². The Morgan fingerprint density at radius 2 is 2.05 bits per heavy atom. The number of carbonyl (C=O) groups is 1. The average Bonchev–Trinajstić information content (AvgIpc) is 2.97. The molecule has 0 bridgehead atoms. The number of rotatable bonds is 7. The summed E-state index contributed by atoms with van der Waals surface area (Å²) in [5.74, 6) is 0.332. The van der Waals surface area contributed by atoms with Gasteiger partial charge < -0.3 is 9.84 Å². The van der Waals surface area contributed by atoms with Crippen LogP contribution in [0.4, 0.5) is 0 Å². The van der Waals surface area contributed by atoms with Crippen molar-refractivity contribution in [3.8, 4) is 0 Å². The highest BCUT2D eigenvalue weighted by atomic mass is 32.2. The van der Waals surface area contributed by atoms with Crippen molar-refractivity contribution < 1.29 is 23.1 Å². The lowest BCUT2D eigenvalue weighted by atomic mass is 10.2. The Labute approximate surface area is 128 Å². The van der Waals surface area contributed by atoms with Gasteiger partial charge in [0, 0.05) is 18.1 Å². The maximum Gasteiger partial charge on any atom is 0.335 e. The van der Waals surface area contributed by atoms with Crippen molar-refractivity contribution in [1.82, 2.24) is 0 Å². The third kappa shape index (κ3) is 4.72. The number of hydrogen-bond acceptors (Lipinski definition) is 5. The highest BCUT2D eigenvalue weighted by Gasteiger charge is 2.18. The average molecular weight is 330 g/mol. The smallest absolute Gasteiger partial charge is 0.335 e. The topological polar surface area (TPSA) is 80.7 Å². The first-order valence-electron chi connectivity index (χ1n) is 6.74. The van der Waals surface area contributed by atoms with Gasteiger partial charge in [-0.2, -0.15) is 11.8 Å². The van der Waals surface area contributed by atoms with Crippen LogP contribution in [-0.4, -0.2) is 49.5 Å². The van der Waals surface area contributed by atoms with E-state index < -0.39 is 15.8 Å². The number of aromatic carboxylic acids is 1. The molecule has 0 aliphatic carbocycles. The van der Waals surface area contributed by atoms with Crippen molar-refractivity contribution in [3.05, 3.63) is 29.8 Å². The van der Waals surface area contributed by atoms with Gasteiger partial charge in [0.05, 0.1) is 22.3 Å². The van der Waals surface area contributed by atoms with E-state index in [1.54, 1.807) is 11.8 Å². The van der Waals surface area contributed by atoms with Crippen molar-refractivity contribution in [3.63, 3.8) is 0 Å². The summed E-state index contributed by atoms with van der Waals surface area (Å²) in [7, 11) is -3.35. The Morgan fingerprint density at radius 1 is 1.33 bits per heavy atom. The number of hydrogen-bond donors (Lipinski definition) is 1. The summed E-state index contributed by atoms with van der Waals surface area (Å²) in [5.41, 5.74) is 0.0849. The molecule has 1 aromatic rings. The zero-order valence-corrected chi connectivity index (χ0v) is 13.2. The third-order valence-electron chi connectivity index (χ3n) is 3.28. The zero-order valence-electron chi connectivity index (χ0n) is 11.5. The Kier molecular flexibility index (Phi) is 5.66. The third-order valence-corrected chi connectivity index (χ3v) is 6.38. The van der Waals surface area contributed by atoms with Crippen molar-refractivity contribution in [2.24, 2.45) is 0 Å². The van der Waals surface area contributed by atoms with Gasteiger partial charge in [-0.15, -0.1) is 0 Å². The first-order chi connectivity index (χ1) is 9.99. The molecule has 7 heteroatoms. The van der Waals surface area contributed by atoms with Crippen molar-refractivity contribution in [1.29, 1.82) is 0 Å². The summed E-state index contributed by atoms with van der Waals surface area (Å²) < 4.78 is 29.7. The molecule has 2 rings (SSSR count). The lowest BCUT2D eigenvalue weighted by Crippen LogP contribution is -2.13. The molecule has 1 aromatic carbocycles. The monoisotopic (exact) mass is 330 g/mol. The van der Waals surface area contributed by atoms with Crippen LogP contribution >= 0.6 is 11.8 Å². The lowest BCUT2D eigenvalue weighted by Gasteiger charge is -2.09. The summed E-state index contributed by atoms with van der Waals surface area (Å²) in [4.78, 5) is 10.9. The van der Waals surface area contributed by atoms with E-state index in [2.05, 4.69) is 0 Å². The Balaban J connectivity index is 1.84. The van der Waals surface area contributed by atoms with Crippen molar-refractivity contribution >= 4 is 27.6 Å². The van der Waals surface area contributed by atoms with Gasteiger partial charge in [0.15, 0.2) is 9.84 Å². The van der Waals surface area contributed by atoms with E-state index in [9.17, 15) is 13.2 Å². The molecular weight excluding hydrogens is 312 g/mol. The summed E-state index contributed by atoms with van der Waals surface area (Å²) in [6, 6.07) is 5.33. The quantitative estimate of drug-likeness (QED) is 0.771. The molecule has 0 radical (unpaired) electrons. The molecule has 116 valence electrons. The van der Waals surface area contributed by atoms with E-state index in [-0.39, 0.29) is 22.3 Å². The van der Waals surface area contributed by atoms with E-state index in [0.717, 1.165) is 25.2 Å². The summed E-state index contributed by atoms with van der Waals surface area (Å²) in [6.07, 6.45) is 2.39. The van der Waals surface area contributed by atoms with E-state index >= 15 is 0 Å². The normalized spacial score (nSPS) is 18.8. The predicted octanol–water partition coefficient (Wildman–Crippen LogP) is 2.07. The van der Waals surface area contributed by atoms with Gasteiger partial charge in [-0.3, -0.25) is 0 Å². The Bertz CT molecular complexity index is 574. The fraction of sp³-hybridized carbons (Fsp3) is 0.500. The second-order valence-corrected chi connectivity index (χ2v) is 8.12. The number of sulfone groups is 1. The standard InChI is InChI=1S/C14H18O5S2/c15-14(16)11-3-5-13(6-4-11)21(17,18)9-8-20-10-12-2-1-7-19-12/h3-6,12H,1-2,7-10H2,(H,15,16). The highest BCUT2D eigenvalue weighted by Crippen LogP contribution is 2.19. The molecule has 1 aliphatic heterocycles. The first-order valence-corrected chi connectivity index (χ1v) is 9.55. The second-order valence-electron chi connectivity index (χ2n) is 4.86. The largest absolute Gasteiger partial charge is 0.478 e. The van der Waals surface area contributed by atoms with Crippen LogP contribution in [0.15, 0.2) is 29.2 Å². The summed E-state index contributed by atoms with van der Waals surface area (Å²) in [6.45, 7) is 0.805. The van der Waals surface area contributed by atoms with Crippen LogP contribution in [0.5, 0.6) is 0 Å². The molecular formula is C14H18O5S2. The molecule has 1 unspecified atom stereocenters. The molecule has 1 saturated heterocycles. The minimum absolute atomic E-state index is 0.0524. The number of ether oxygens (including phenoxy) is 1. The zero-order chi connectivity index (χ0) is 15.3. The van der Waals surface area contributed by atoms with E-state index in [1.165, 1.54) is 24.3 Å². The lowest BCUT2D eigenvalue weighted by molar-refractivity contribution is 0.0696. The van der Waals surface area contributed by atoms with Crippen LogP contribution in [0.25, 0.3) is 0 Å². The molecule has 0 aromatic heterocycles. The molecule has 1 N–H and O–H groups in total. The maximum atomic E-state index is 12.1. The van der Waals surface area contributed by atoms with E-state index in [1.807, 2.05) is 0 Å². The molecule has 1 atom stereocenters. The minimum Gasteiger partial charge on any atom is -0.478 e. The van der Waals surface area contributed by atoms with Crippen LogP contribution in [-0.2, 0) is 14.6 Å². The van der Waals surface area contributed by atoms with Gasteiger partial charge in [0.1, 0.15) is 0 Å². The molecule has 0 spiro atoms. The Morgan fingerprint density at radius 3 is 2.62 bits per heavy atom. The Hall–Kier alpha value is -1.05. The fourth-order valence-corrected chi connectivity index (χ4v) is 4.91. The molecule has 21 heavy (non-hydrogen) atoms. The molecule has 1 aliphatic rings. The molecule has 1 fully saturated rings. The van der Waals surface area contributed by atoms with Crippen LogP contribution in [0.1, 0.15) is 23.2 Å². The van der Waals surface area contributed by atoms with Gasteiger partial charge in [-0.05, 0) is 37.1 Å². The molecule has 5 nitrogen and oxygen atoms in total. The van der Waals surface area contributed by atoms with Crippen LogP contribution < -0.4 is 0 Å². The minimum atomic E-state index is -3.35. The van der Waals surface area contributed by atoms with Crippen LogP contribution in [0.3, 0.4) is 0 Å². The first kappa shape index (κ1) is 16.3. The van der Waals surface area contributed by atoms with Crippen LogP contribution in [0.2, 0.25) is 0 Å². The van der Waals surface area contributed by atoms with E-state index in [0.29, 0.717) is 5.75 Å². The molecule has 0 amide bonds.